The average molecular weight is 274 g/mol. The van der Waals surface area contributed by atoms with Gasteiger partial charge < -0.3 is 15.7 Å². The van der Waals surface area contributed by atoms with Crippen LogP contribution in [0.15, 0.2) is 18.2 Å². The number of hydrogen-bond donors (Lipinski definition) is 3. The minimum absolute atomic E-state index is 0.0122. The highest BCUT2D eigenvalue weighted by atomic mass is 16.2. The molecule has 1 aromatic rings. The molecule has 0 radical (unpaired) electrons. The SMILES string of the molecule is CNC(=O)CNC(=O)c1cc(C#CCCO)ccc1C. The second-order valence-electron chi connectivity index (χ2n) is 4.16. The van der Waals surface area contributed by atoms with Crippen LogP contribution in [0.4, 0.5) is 0 Å². The number of aliphatic hydroxyl groups is 1. The fourth-order valence-corrected chi connectivity index (χ4v) is 1.51. The van der Waals surface area contributed by atoms with E-state index in [0.717, 1.165) is 5.56 Å². The Morgan fingerprint density at radius 2 is 2.10 bits per heavy atom. The van der Waals surface area contributed by atoms with Crippen LogP contribution in [0.1, 0.15) is 27.9 Å². The molecule has 0 aliphatic heterocycles. The first kappa shape index (κ1) is 15.7. The van der Waals surface area contributed by atoms with E-state index >= 15 is 0 Å². The largest absolute Gasteiger partial charge is 0.395 e. The lowest BCUT2D eigenvalue weighted by Gasteiger charge is -2.07. The van der Waals surface area contributed by atoms with Crippen molar-refractivity contribution >= 4 is 11.8 Å². The van der Waals surface area contributed by atoms with Crippen molar-refractivity contribution in [1.82, 2.24) is 10.6 Å². The molecule has 5 heteroatoms. The minimum atomic E-state index is -0.308. The molecule has 1 aromatic carbocycles. The molecule has 0 aromatic heterocycles. The summed E-state index contributed by atoms with van der Waals surface area (Å²) in [6.45, 7) is 1.77. The highest BCUT2D eigenvalue weighted by Crippen LogP contribution is 2.10. The summed E-state index contributed by atoms with van der Waals surface area (Å²) < 4.78 is 0. The summed E-state index contributed by atoms with van der Waals surface area (Å²) in [4.78, 5) is 23.1. The number of benzene rings is 1. The zero-order chi connectivity index (χ0) is 15.0. The third-order valence-electron chi connectivity index (χ3n) is 2.64. The summed E-state index contributed by atoms with van der Waals surface area (Å²) in [5.74, 6) is 5.11. The van der Waals surface area contributed by atoms with Gasteiger partial charge in [-0.25, -0.2) is 0 Å². The van der Waals surface area contributed by atoms with Crippen molar-refractivity contribution in [3.63, 3.8) is 0 Å². The van der Waals surface area contributed by atoms with Crippen LogP contribution in [0.25, 0.3) is 0 Å². The predicted molar refractivity (Wildman–Crippen MR) is 76.2 cm³/mol. The molecule has 0 heterocycles. The molecule has 0 aliphatic rings. The van der Waals surface area contributed by atoms with Crippen molar-refractivity contribution in [2.45, 2.75) is 13.3 Å². The van der Waals surface area contributed by atoms with E-state index in [2.05, 4.69) is 22.5 Å². The van der Waals surface area contributed by atoms with Crippen LogP contribution in [0, 0.1) is 18.8 Å². The second-order valence-corrected chi connectivity index (χ2v) is 4.16. The Morgan fingerprint density at radius 1 is 1.35 bits per heavy atom. The number of aliphatic hydroxyl groups excluding tert-OH is 1. The lowest BCUT2D eigenvalue weighted by Crippen LogP contribution is -2.35. The minimum Gasteiger partial charge on any atom is -0.395 e. The average Bonchev–Trinajstić information content (AvgIpc) is 2.46. The standard InChI is InChI=1S/C15H18N2O3/c1-11-6-7-12(5-3-4-8-18)9-13(11)15(20)17-10-14(19)16-2/h6-7,9,18H,4,8,10H2,1-2H3,(H,16,19)(H,17,20). The number of rotatable bonds is 4. The summed E-state index contributed by atoms with van der Waals surface area (Å²) in [7, 11) is 1.51. The Hall–Kier alpha value is -2.32. The van der Waals surface area contributed by atoms with Crippen LogP contribution in [-0.2, 0) is 4.79 Å². The van der Waals surface area contributed by atoms with E-state index in [4.69, 9.17) is 5.11 Å². The van der Waals surface area contributed by atoms with Gasteiger partial charge >= 0.3 is 0 Å². The van der Waals surface area contributed by atoms with Crippen LogP contribution < -0.4 is 10.6 Å². The topological polar surface area (TPSA) is 78.4 Å². The van der Waals surface area contributed by atoms with E-state index in [1.54, 1.807) is 12.1 Å². The van der Waals surface area contributed by atoms with Crippen LogP contribution in [0.5, 0.6) is 0 Å². The molecule has 0 atom stereocenters. The van der Waals surface area contributed by atoms with Crippen LogP contribution in [0.3, 0.4) is 0 Å². The monoisotopic (exact) mass is 274 g/mol. The lowest BCUT2D eigenvalue weighted by molar-refractivity contribution is -0.119. The Kier molecular flexibility index (Phi) is 6.27. The molecule has 0 saturated carbocycles. The van der Waals surface area contributed by atoms with Gasteiger partial charge in [-0.05, 0) is 24.6 Å². The Labute approximate surface area is 118 Å². The maximum atomic E-state index is 12.0. The van der Waals surface area contributed by atoms with E-state index in [1.807, 2.05) is 13.0 Å². The number of hydrogen-bond acceptors (Lipinski definition) is 3. The van der Waals surface area contributed by atoms with Crippen LogP contribution in [0.2, 0.25) is 0 Å². The zero-order valence-electron chi connectivity index (χ0n) is 11.6. The number of carbonyl (C=O) groups excluding carboxylic acids is 2. The zero-order valence-corrected chi connectivity index (χ0v) is 11.6. The molecule has 0 saturated heterocycles. The third-order valence-corrected chi connectivity index (χ3v) is 2.64. The first-order valence-electron chi connectivity index (χ1n) is 6.27. The van der Waals surface area contributed by atoms with Gasteiger partial charge in [0.15, 0.2) is 0 Å². The molecule has 5 nitrogen and oxygen atoms in total. The molecule has 0 unspecified atom stereocenters. The van der Waals surface area contributed by atoms with Crippen molar-refractivity contribution in [3.8, 4) is 11.8 Å². The molecule has 0 aliphatic carbocycles. The Morgan fingerprint density at radius 3 is 2.75 bits per heavy atom. The summed E-state index contributed by atoms with van der Waals surface area (Å²) >= 11 is 0. The molecule has 2 amide bonds. The summed E-state index contributed by atoms with van der Waals surface area (Å²) in [5.41, 5.74) is 2.01. The molecule has 0 bridgehead atoms. The highest BCUT2D eigenvalue weighted by molar-refractivity contribution is 5.97. The van der Waals surface area contributed by atoms with E-state index in [0.29, 0.717) is 17.5 Å². The van der Waals surface area contributed by atoms with Gasteiger partial charge in [0.05, 0.1) is 13.2 Å². The normalized spacial score (nSPS) is 9.35. The number of carbonyl (C=O) groups is 2. The third kappa shape index (κ3) is 4.75. The number of amides is 2. The number of aryl methyl sites for hydroxylation is 1. The summed E-state index contributed by atoms with van der Waals surface area (Å²) in [6.07, 6.45) is 0.395. The van der Waals surface area contributed by atoms with Crippen molar-refractivity contribution in [3.05, 3.63) is 34.9 Å². The van der Waals surface area contributed by atoms with Gasteiger partial charge in [0.2, 0.25) is 5.91 Å². The van der Waals surface area contributed by atoms with E-state index in [9.17, 15) is 9.59 Å². The maximum Gasteiger partial charge on any atom is 0.252 e. The highest BCUT2D eigenvalue weighted by Gasteiger charge is 2.10. The molecule has 3 N–H and O–H groups in total. The van der Waals surface area contributed by atoms with Gasteiger partial charge in [-0.3, -0.25) is 9.59 Å². The first-order valence-corrected chi connectivity index (χ1v) is 6.27. The van der Waals surface area contributed by atoms with Gasteiger partial charge in [-0.15, -0.1) is 0 Å². The molecule has 1 rings (SSSR count). The molecule has 0 fully saturated rings. The van der Waals surface area contributed by atoms with Gasteiger partial charge in [0.25, 0.3) is 5.91 Å². The van der Waals surface area contributed by atoms with Crippen LogP contribution in [-0.4, -0.2) is 37.1 Å². The smallest absolute Gasteiger partial charge is 0.252 e. The van der Waals surface area contributed by atoms with Crippen LogP contribution >= 0.6 is 0 Å². The number of nitrogens with one attached hydrogen (secondary N) is 2. The molecule has 0 spiro atoms. The predicted octanol–water partition coefficient (Wildman–Crippen LogP) is 0.205. The Bertz CT molecular complexity index is 556. The van der Waals surface area contributed by atoms with E-state index < -0.39 is 0 Å². The van der Waals surface area contributed by atoms with Crippen molar-refractivity contribution in [2.75, 3.05) is 20.2 Å². The summed E-state index contributed by atoms with van der Waals surface area (Å²) in [5, 5.41) is 13.7. The van der Waals surface area contributed by atoms with Gasteiger partial charge in [-0.1, -0.05) is 17.9 Å². The molecule has 20 heavy (non-hydrogen) atoms. The molecule has 106 valence electrons. The van der Waals surface area contributed by atoms with Crippen molar-refractivity contribution in [2.24, 2.45) is 0 Å². The number of likely N-dealkylation sites (N-methyl/N-ethyl adjacent to an activating group) is 1. The van der Waals surface area contributed by atoms with Gasteiger partial charge in [0.1, 0.15) is 0 Å². The van der Waals surface area contributed by atoms with E-state index in [1.165, 1.54) is 7.05 Å². The van der Waals surface area contributed by atoms with Gasteiger partial charge in [0, 0.05) is 24.6 Å². The van der Waals surface area contributed by atoms with Crippen molar-refractivity contribution in [1.29, 1.82) is 0 Å². The van der Waals surface area contributed by atoms with E-state index in [-0.39, 0.29) is 25.0 Å². The second kappa shape index (κ2) is 7.97. The lowest BCUT2D eigenvalue weighted by atomic mass is 10.0. The fraction of sp³-hybridized carbons (Fsp3) is 0.333. The molecular formula is C15H18N2O3. The van der Waals surface area contributed by atoms with Crippen molar-refractivity contribution < 1.29 is 14.7 Å². The van der Waals surface area contributed by atoms with Gasteiger partial charge in [-0.2, -0.15) is 0 Å². The molecular weight excluding hydrogens is 256 g/mol. The Balaban J connectivity index is 2.83. The fourth-order valence-electron chi connectivity index (χ4n) is 1.51. The maximum absolute atomic E-state index is 12.0. The first-order chi connectivity index (χ1) is 9.58. The summed E-state index contributed by atoms with van der Waals surface area (Å²) in [6, 6.07) is 5.30. The quantitative estimate of drug-likeness (QED) is 0.687.